The van der Waals surface area contributed by atoms with Crippen LogP contribution in [0.15, 0.2) is 0 Å². The number of nitrogens with one attached hydrogen (secondary N) is 1. The van der Waals surface area contributed by atoms with Gasteiger partial charge in [0, 0.05) is 6.54 Å². The third-order valence-electron chi connectivity index (χ3n) is 4.01. The molecule has 1 aliphatic heterocycles. The van der Waals surface area contributed by atoms with Crippen LogP contribution in [0.4, 0.5) is 0 Å². The van der Waals surface area contributed by atoms with Crippen LogP contribution in [0.25, 0.3) is 0 Å². The van der Waals surface area contributed by atoms with Gasteiger partial charge in [0.1, 0.15) is 12.1 Å². The van der Waals surface area contributed by atoms with Gasteiger partial charge >= 0.3 is 11.9 Å². The van der Waals surface area contributed by atoms with Crippen molar-refractivity contribution >= 4 is 23.8 Å². The average Bonchev–Trinajstić information content (AvgIpc) is 2.99. The molecule has 3 unspecified atom stereocenters. The van der Waals surface area contributed by atoms with E-state index in [4.69, 9.17) is 10.8 Å². The van der Waals surface area contributed by atoms with Gasteiger partial charge in [-0.2, -0.15) is 0 Å². The van der Waals surface area contributed by atoms with Gasteiger partial charge in [-0.05, 0) is 19.3 Å². The van der Waals surface area contributed by atoms with Gasteiger partial charge in [0.05, 0.1) is 12.5 Å². The minimum atomic E-state index is -1.26. The van der Waals surface area contributed by atoms with Gasteiger partial charge in [0.15, 0.2) is 0 Å². The van der Waals surface area contributed by atoms with E-state index in [2.05, 4.69) is 5.32 Å². The summed E-state index contributed by atoms with van der Waals surface area (Å²) < 4.78 is 0. The average molecular weight is 343 g/mol. The fraction of sp³-hybridized carbons (Fsp3) is 0.733. The van der Waals surface area contributed by atoms with Crippen molar-refractivity contribution in [3.8, 4) is 0 Å². The summed E-state index contributed by atoms with van der Waals surface area (Å²) >= 11 is 0. The largest absolute Gasteiger partial charge is 0.481 e. The van der Waals surface area contributed by atoms with Crippen LogP contribution >= 0.6 is 0 Å². The first-order chi connectivity index (χ1) is 11.3. The van der Waals surface area contributed by atoms with Crippen LogP contribution in [-0.4, -0.2) is 63.5 Å². The Morgan fingerprint density at radius 3 is 2.50 bits per heavy atom. The highest BCUT2D eigenvalue weighted by molar-refractivity contribution is 5.93. The van der Waals surface area contributed by atoms with E-state index < -0.39 is 48.3 Å². The molecule has 0 aromatic carbocycles. The second-order valence-electron chi connectivity index (χ2n) is 5.94. The maximum Gasteiger partial charge on any atom is 0.326 e. The molecule has 2 amide bonds. The maximum atomic E-state index is 12.6. The maximum absolute atomic E-state index is 12.6. The second-order valence-corrected chi connectivity index (χ2v) is 5.94. The molecule has 9 heteroatoms. The van der Waals surface area contributed by atoms with E-state index in [-0.39, 0.29) is 0 Å². The summed E-state index contributed by atoms with van der Waals surface area (Å²) in [4.78, 5) is 47.8. The highest BCUT2D eigenvalue weighted by Crippen LogP contribution is 2.19. The molecular weight excluding hydrogens is 318 g/mol. The molecule has 0 bridgehead atoms. The van der Waals surface area contributed by atoms with Crippen molar-refractivity contribution in [2.45, 2.75) is 63.6 Å². The van der Waals surface area contributed by atoms with Gasteiger partial charge in [-0.3, -0.25) is 14.4 Å². The van der Waals surface area contributed by atoms with E-state index >= 15 is 0 Å². The molecule has 0 radical (unpaired) electrons. The standard InChI is InChI=1S/C15H25N3O6/c1-2-3-5-10(17-13(21)9(16)8-12(19)20)14(22)18-7-4-6-11(18)15(23)24/h9-11H,2-8,16H2,1H3,(H,17,21)(H,19,20)(H,23,24). The number of likely N-dealkylation sites (tertiary alicyclic amines) is 1. The van der Waals surface area contributed by atoms with Gasteiger partial charge in [-0.15, -0.1) is 0 Å². The van der Waals surface area contributed by atoms with E-state index in [1.807, 2.05) is 6.92 Å². The molecule has 0 aromatic rings. The minimum Gasteiger partial charge on any atom is -0.481 e. The number of hydrogen-bond donors (Lipinski definition) is 4. The molecule has 0 saturated carbocycles. The molecule has 3 atom stereocenters. The number of nitrogens with zero attached hydrogens (tertiary/aromatic N) is 1. The Balaban J connectivity index is 2.80. The van der Waals surface area contributed by atoms with Crippen molar-refractivity contribution < 1.29 is 29.4 Å². The van der Waals surface area contributed by atoms with E-state index in [1.54, 1.807) is 0 Å². The number of aliphatic carboxylic acids is 2. The van der Waals surface area contributed by atoms with Crippen molar-refractivity contribution in [2.24, 2.45) is 5.73 Å². The zero-order valence-corrected chi connectivity index (χ0v) is 13.7. The number of unbranched alkanes of at least 4 members (excludes halogenated alkanes) is 1. The van der Waals surface area contributed by atoms with E-state index in [0.29, 0.717) is 32.2 Å². The molecule has 1 fully saturated rings. The van der Waals surface area contributed by atoms with E-state index in [9.17, 15) is 24.3 Å². The monoisotopic (exact) mass is 343 g/mol. The summed E-state index contributed by atoms with van der Waals surface area (Å²) in [6.45, 7) is 2.25. The van der Waals surface area contributed by atoms with Crippen molar-refractivity contribution in [3.05, 3.63) is 0 Å². The highest BCUT2D eigenvalue weighted by Gasteiger charge is 2.37. The van der Waals surface area contributed by atoms with Crippen LogP contribution in [0, 0.1) is 0 Å². The molecule has 0 aromatic heterocycles. The number of hydrogen-bond acceptors (Lipinski definition) is 5. The molecule has 9 nitrogen and oxygen atoms in total. The normalized spacial score (nSPS) is 19.6. The second kappa shape index (κ2) is 9.21. The molecule has 24 heavy (non-hydrogen) atoms. The predicted octanol–water partition coefficient (Wildman–Crippen LogP) is -0.461. The fourth-order valence-corrected chi connectivity index (χ4v) is 2.71. The van der Waals surface area contributed by atoms with Crippen LogP contribution in [-0.2, 0) is 19.2 Å². The number of carboxylic acids is 2. The van der Waals surface area contributed by atoms with Crippen LogP contribution in [0.2, 0.25) is 0 Å². The van der Waals surface area contributed by atoms with Crippen molar-refractivity contribution in [1.29, 1.82) is 0 Å². The molecule has 136 valence electrons. The van der Waals surface area contributed by atoms with Crippen LogP contribution in [0.3, 0.4) is 0 Å². The van der Waals surface area contributed by atoms with Crippen molar-refractivity contribution in [2.75, 3.05) is 6.54 Å². The minimum absolute atomic E-state index is 0.329. The Morgan fingerprint density at radius 2 is 1.96 bits per heavy atom. The highest BCUT2D eigenvalue weighted by atomic mass is 16.4. The third-order valence-corrected chi connectivity index (χ3v) is 4.01. The van der Waals surface area contributed by atoms with Gasteiger partial charge in [0.2, 0.25) is 11.8 Å². The number of carbonyl (C=O) groups excluding carboxylic acids is 2. The lowest BCUT2D eigenvalue weighted by Crippen LogP contribution is -2.54. The Morgan fingerprint density at radius 1 is 1.29 bits per heavy atom. The van der Waals surface area contributed by atoms with Gasteiger partial charge < -0.3 is 26.2 Å². The number of carbonyl (C=O) groups is 4. The van der Waals surface area contributed by atoms with Crippen LogP contribution in [0.1, 0.15) is 45.4 Å². The van der Waals surface area contributed by atoms with Gasteiger partial charge in [-0.1, -0.05) is 19.8 Å². The lowest BCUT2D eigenvalue weighted by Gasteiger charge is -2.28. The Labute approximate surface area is 140 Å². The molecule has 0 aliphatic carbocycles. The first kappa shape index (κ1) is 19.9. The van der Waals surface area contributed by atoms with Crippen LogP contribution in [0.5, 0.6) is 0 Å². The van der Waals surface area contributed by atoms with E-state index in [0.717, 1.165) is 6.42 Å². The SMILES string of the molecule is CCCCC(NC(=O)C(N)CC(=O)O)C(=O)N1CCCC1C(=O)O. The molecular formula is C15H25N3O6. The lowest BCUT2D eigenvalue weighted by atomic mass is 10.1. The summed E-state index contributed by atoms with van der Waals surface area (Å²) in [5.74, 6) is -3.45. The van der Waals surface area contributed by atoms with Crippen molar-refractivity contribution in [1.82, 2.24) is 10.2 Å². The van der Waals surface area contributed by atoms with Crippen LogP contribution < -0.4 is 11.1 Å². The first-order valence-corrected chi connectivity index (χ1v) is 8.09. The summed E-state index contributed by atoms with van der Waals surface area (Å²) in [5.41, 5.74) is 5.51. The first-order valence-electron chi connectivity index (χ1n) is 8.09. The summed E-state index contributed by atoms with van der Waals surface area (Å²) in [7, 11) is 0. The Hall–Kier alpha value is -2.16. The summed E-state index contributed by atoms with van der Waals surface area (Å²) in [6, 6.07) is -3.03. The predicted molar refractivity (Wildman–Crippen MR) is 84.1 cm³/mol. The molecule has 1 aliphatic rings. The number of rotatable bonds is 9. The fourth-order valence-electron chi connectivity index (χ4n) is 2.71. The molecule has 1 heterocycles. The zero-order valence-electron chi connectivity index (χ0n) is 13.7. The number of nitrogens with two attached hydrogens (primary N) is 1. The third kappa shape index (κ3) is 5.48. The smallest absolute Gasteiger partial charge is 0.326 e. The number of carboxylic acid groups (broad SMARTS) is 2. The lowest BCUT2D eigenvalue weighted by molar-refractivity contribution is -0.149. The summed E-state index contributed by atoms with van der Waals surface area (Å²) in [6.07, 6.45) is 2.25. The molecule has 1 rings (SSSR count). The molecule has 1 saturated heterocycles. The van der Waals surface area contributed by atoms with Crippen molar-refractivity contribution in [3.63, 3.8) is 0 Å². The Kier molecular flexibility index (Phi) is 7.63. The van der Waals surface area contributed by atoms with Gasteiger partial charge in [0.25, 0.3) is 0 Å². The topological polar surface area (TPSA) is 150 Å². The number of amides is 2. The quantitative estimate of drug-likeness (QED) is 0.442. The summed E-state index contributed by atoms with van der Waals surface area (Å²) in [5, 5.41) is 20.4. The molecule has 0 spiro atoms. The van der Waals surface area contributed by atoms with Gasteiger partial charge in [-0.25, -0.2) is 4.79 Å². The zero-order chi connectivity index (χ0) is 18.3. The molecule has 5 N–H and O–H groups in total. The Bertz CT molecular complexity index is 496. The van der Waals surface area contributed by atoms with E-state index in [1.165, 1.54) is 4.90 Å².